The van der Waals surface area contributed by atoms with Gasteiger partial charge in [0.15, 0.2) is 0 Å². The summed E-state index contributed by atoms with van der Waals surface area (Å²) in [5.74, 6) is -0.187. The molecular formula is C16H24ClNO2. The van der Waals surface area contributed by atoms with Gasteiger partial charge in [-0.15, -0.1) is 11.6 Å². The van der Waals surface area contributed by atoms with Crippen LogP contribution in [-0.4, -0.2) is 35.4 Å². The molecule has 0 spiro atoms. The van der Waals surface area contributed by atoms with Crippen LogP contribution in [-0.2, 0) is 16.1 Å². The second-order valence-corrected chi connectivity index (χ2v) is 5.89. The molecular weight excluding hydrogens is 274 g/mol. The highest BCUT2D eigenvalue weighted by atomic mass is 35.5. The first-order chi connectivity index (χ1) is 9.51. The molecule has 4 heteroatoms. The third-order valence-electron chi connectivity index (χ3n) is 3.02. The Kier molecular flexibility index (Phi) is 7.63. The highest BCUT2D eigenvalue weighted by molar-refractivity contribution is 6.20. The van der Waals surface area contributed by atoms with E-state index >= 15 is 0 Å². The Balaban J connectivity index is 2.58. The summed E-state index contributed by atoms with van der Waals surface area (Å²) < 4.78 is 5.33. The van der Waals surface area contributed by atoms with Crippen LogP contribution in [0.2, 0.25) is 0 Å². The van der Waals surface area contributed by atoms with Crippen LogP contribution in [0.3, 0.4) is 0 Å². The maximum atomic E-state index is 11.9. The third kappa shape index (κ3) is 6.92. The van der Waals surface area contributed by atoms with Gasteiger partial charge in [0, 0.05) is 18.5 Å². The van der Waals surface area contributed by atoms with E-state index in [1.807, 2.05) is 56.0 Å². The minimum atomic E-state index is -0.187. The van der Waals surface area contributed by atoms with Gasteiger partial charge in [-0.2, -0.15) is 0 Å². The average Bonchev–Trinajstić information content (AvgIpc) is 2.38. The fraction of sp³-hybridized carbons (Fsp3) is 0.562. The molecule has 0 bridgehead atoms. The van der Waals surface area contributed by atoms with Crippen LogP contribution in [0.15, 0.2) is 30.3 Å². The van der Waals surface area contributed by atoms with Crippen LogP contribution in [0.4, 0.5) is 0 Å². The van der Waals surface area contributed by atoms with Crippen LogP contribution in [0, 0.1) is 0 Å². The molecule has 0 heterocycles. The zero-order valence-corrected chi connectivity index (χ0v) is 13.3. The molecule has 20 heavy (non-hydrogen) atoms. The highest BCUT2D eigenvalue weighted by Gasteiger charge is 2.16. The number of benzene rings is 1. The monoisotopic (exact) mass is 297 g/mol. The number of ether oxygens (including phenoxy) is 1. The molecule has 0 aliphatic rings. The predicted molar refractivity (Wildman–Crippen MR) is 82.9 cm³/mol. The van der Waals surface area contributed by atoms with Crippen molar-refractivity contribution in [3.63, 3.8) is 0 Å². The first kappa shape index (κ1) is 17.0. The Morgan fingerprint density at radius 1 is 1.30 bits per heavy atom. The van der Waals surface area contributed by atoms with Crippen LogP contribution in [0.1, 0.15) is 32.8 Å². The van der Waals surface area contributed by atoms with E-state index in [1.165, 1.54) is 5.56 Å². The second kappa shape index (κ2) is 8.98. The van der Waals surface area contributed by atoms with E-state index in [0.717, 1.165) is 6.42 Å². The molecule has 0 aromatic heterocycles. The highest BCUT2D eigenvalue weighted by Crippen LogP contribution is 2.08. The van der Waals surface area contributed by atoms with Gasteiger partial charge in [-0.1, -0.05) is 37.3 Å². The molecule has 0 aliphatic heterocycles. The molecule has 0 N–H and O–H groups in total. The largest absolute Gasteiger partial charge is 0.462 e. The number of hydrogen-bond acceptors (Lipinski definition) is 3. The average molecular weight is 298 g/mol. The topological polar surface area (TPSA) is 29.5 Å². The molecule has 2 atom stereocenters. The lowest BCUT2D eigenvalue weighted by atomic mass is 10.2. The van der Waals surface area contributed by atoms with Gasteiger partial charge in [-0.25, -0.2) is 0 Å². The van der Waals surface area contributed by atoms with E-state index in [0.29, 0.717) is 13.1 Å². The standard InChI is InChI=1S/C16H24ClNO2/c1-4-14(3)20-16(19)12-18(10-13(2)17)11-15-8-6-5-7-9-15/h5-9,13-14H,4,10-12H2,1-3H3/t13-,14?/m1/s1. The van der Waals surface area contributed by atoms with E-state index < -0.39 is 0 Å². The van der Waals surface area contributed by atoms with Gasteiger partial charge in [-0.05, 0) is 25.8 Å². The Morgan fingerprint density at radius 3 is 2.50 bits per heavy atom. The molecule has 0 saturated carbocycles. The molecule has 0 aliphatic carbocycles. The van der Waals surface area contributed by atoms with Crippen molar-refractivity contribution in [1.82, 2.24) is 4.90 Å². The summed E-state index contributed by atoms with van der Waals surface area (Å²) in [5, 5.41) is -0.00453. The molecule has 0 saturated heterocycles. The Morgan fingerprint density at radius 2 is 1.95 bits per heavy atom. The van der Waals surface area contributed by atoms with Crippen molar-refractivity contribution in [3.8, 4) is 0 Å². The summed E-state index contributed by atoms with van der Waals surface area (Å²) in [5.41, 5.74) is 1.17. The Labute approximate surface area is 126 Å². The lowest BCUT2D eigenvalue weighted by Gasteiger charge is -2.23. The van der Waals surface area contributed by atoms with Gasteiger partial charge in [0.1, 0.15) is 0 Å². The van der Waals surface area contributed by atoms with Gasteiger partial charge in [-0.3, -0.25) is 9.69 Å². The summed E-state index contributed by atoms with van der Waals surface area (Å²) in [7, 11) is 0. The van der Waals surface area contributed by atoms with Gasteiger partial charge >= 0.3 is 5.97 Å². The molecule has 0 radical (unpaired) electrons. The fourth-order valence-corrected chi connectivity index (χ4v) is 2.11. The molecule has 0 fully saturated rings. The number of rotatable bonds is 8. The van der Waals surface area contributed by atoms with Gasteiger partial charge < -0.3 is 4.74 Å². The van der Waals surface area contributed by atoms with Crippen molar-refractivity contribution in [3.05, 3.63) is 35.9 Å². The molecule has 1 aromatic rings. The SMILES string of the molecule is CCC(C)OC(=O)CN(Cc1ccccc1)C[C@@H](C)Cl. The van der Waals surface area contributed by atoms with Crippen LogP contribution < -0.4 is 0 Å². The van der Waals surface area contributed by atoms with Gasteiger partial charge in [0.2, 0.25) is 0 Å². The van der Waals surface area contributed by atoms with Gasteiger partial charge in [0.25, 0.3) is 0 Å². The van der Waals surface area contributed by atoms with Crippen molar-refractivity contribution >= 4 is 17.6 Å². The summed E-state index contributed by atoms with van der Waals surface area (Å²) in [6.45, 7) is 7.47. The number of carbonyl (C=O) groups is 1. The number of hydrogen-bond donors (Lipinski definition) is 0. The molecule has 1 unspecified atom stereocenters. The van der Waals surface area contributed by atoms with E-state index in [2.05, 4.69) is 0 Å². The number of halogens is 1. The van der Waals surface area contributed by atoms with Crippen LogP contribution in [0.5, 0.6) is 0 Å². The molecule has 1 aromatic carbocycles. The normalized spacial score (nSPS) is 14.1. The first-order valence-electron chi connectivity index (χ1n) is 7.11. The van der Waals surface area contributed by atoms with Gasteiger partial charge in [0.05, 0.1) is 12.6 Å². The summed E-state index contributed by atoms with van der Waals surface area (Å²) in [4.78, 5) is 13.9. The van der Waals surface area contributed by atoms with E-state index in [1.54, 1.807) is 0 Å². The van der Waals surface area contributed by atoms with Crippen molar-refractivity contribution in [1.29, 1.82) is 0 Å². The van der Waals surface area contributed by atoms with E-state index in [9.17, 15) is 4.79 Å². The fourth-order valence-electron chi connectivity index (χ4n) is 1.91. The lowest BCUT2D eigenvalue weighted by molar-refractivity contribution is -0.149. The lowest BCUT2D eigenvalue weighted by Crippen LogP contribution is -2.35. The third-order valence-corrected chi connectivity index (χ3v) is 3.16. The maximum absolute atomic E-state index is 11.9. The smallest absolute Gasteiger partial charge is 0.320 e. The first-order valence-corrected chi connectivity index (χ1v) is 7.54. The summed E-state index contributed by atoms with van der Waals surface area (Å²) in [6.07, 6.45) is 0.797. The predicted octanol–water partition coefficient (Wildman–Crippen LogP) is 3.46. The van der Waals surface area contributed by atoms with Crippen molar-refractivity contribution < 1.29 is 9.53 Å². The van der Waals surface area contributed by atoms with E-state index in [4.69, 9.17) is 16.3 Å². The van der Waals surface area contributed by atoms with E-state index in [-0.39, 0.29) is 24.0 Å². The minimum Gasteiger partial charge on any atom is -0.462 e. The van der Waals surface area contributed by atoms with Crippen LogP contribution >= 0.6 is 11.6 Å². The minimum absolute atomic E-state index is 0.00453. The number of nitrogens with zero attached hydrogens (tertiary/aromatic N) is 1. The van der Waals surface area contributed by atoms with Crippen molar-refractivity contribution in [2.75, 3.05) is 13.1 Å². The van der Waals surface area contributed by atoms with Crippen molar-refractivity contribution in [2.24, 2.45) is 0 Å². The number of esters is 1. The zero-order valence-electron chi connectivity index (χ0n) is 12.5. The summed E-state index contributed by atoms with van der Waals surface area (Å²) >= 11 is 6.06. The number of carbonyl (C=O) groups excluding carboxylic acids is 1. The molecule has 112 valence electrons. The summed E-state index contributed by atoms with van der Waals surface area (Å²) in [6, 6.07) is 10.1. The quantitative estimate of drug-likeness (QED) is 0.544. The molecule has 0 amide bonds. The molecule has 1 rings (SSSR count). The zero-order chi connectivity index (χ0) is 15.0. The van der Waals surface area contributed by atoms with Crippen LogP contribution in [0.25, 0.3) is 0 Å². The second-order valence-electron chi connectivity index (χ2n) is 5.14. The Bertz CT molecular complexity index is 395. The van der Waals surface area contributed by atoms with Crippen molar-refractivity contribution in [2.45, 2.75) is 45.2 Å². The maximum Gasteiger partial charge on any atom is 0.320 e. The number of alkyl halides is 1. The Hall–Kier alpha value is -1.06. The molecule has 3 nitrogen and oxygen atoms in total.